The van der Waals surface area contributed by atoms with Crippen molar-refractivity contribution in [2.75, 3.05) is 18.5 Å². The molecule has 2 heterocycles. The number of likely N-dealkylation sites (tertiary alicyclic amines) is 1. The maximum atomic E-state index is 12.2. The predicted molar refractivity (Wildman–Crippen MR) is 101 cm³/mol. The first-order chi connectivity index (χ1) is 12.6. The van der Waals surface area contributed by atoms with Crippen molar-refractivity contribution in [3.63, 3.8) is 0 Å². The molecule has 1 amide bonds. The average Bonchev–Trinajstić information content (AvgIpc) is 3.23. The Hall–Kier alpha value is -2.37. The van der Waals surface area contributed by atoms with Gasteiger partial charge in [0.05, 0.1) is 12.7 Å². The average molecular weight is 352 g/mol. The van der Waals surface area contributed by atoms with Crippen molar-refractivity contribution >= 4 is 11.8 Å². The van der Waals surface area contributed by atoms with Crippen LogP contribution in [0.25, 0.3) is 0 Å². The second kappa shape index (κ2) is 7.09. The summed E-state index contributed by atoms with van der Waals surface area (Å²) in [7, 11) is 0. The van der Waals surface area contributed by atoms with E-state index in [9.17, 15) is 4.79 Å². The van der Waals surface area contributed by atoms with E-state index in [1.165, 1.54) is 11.1 Å². The fourth-order valence-corrected chi connectivity index (χ4v) is 3.80. The third-order valence-corrected chi connectivity index (χ3v) is 5.36. The first kappa shape index (κ1) is 17.1. The van der Waals surface area contributed by atoms with Crippen LogP contribution in [0.5, 0.6) is 5.75 Å². The van der Waals surface area contributed by atoms with Gasteiger partial charge in [-0.2, -0.15) is 0 Å². The van der Waals surface area contributed by atoms with Gasteiger partial charge in [0.2, 0.25) is 0 Å². The largest absolute Gasteiger partial charge is 0.417 e. The van der Waals surface area contributed by atoms with Gasteiger partial charge < -0.3 is 9.47 Å². The SMILES string of the molecule is Cc1cc(NC(=O)Oc2ccccc2)cc(CN2CC3CC2CO3)c1C. The van der Waals surface area contributed by atoms with Crippen molar-refractivity contribution in [1.82, 2.24) is 4.90 Å². The van der Waals surface area contributed by atoms with Gasteiger partial charge in [0.1, 0.15) is 5.75 Å². The Balaban J connectivity index is 1.46. The molecule has 0 radical (unpaired) electrons. The summed E-state index contributed by atoms with van der Waals surface area (Å²) >= 11 is 0. The number of rotatable bonds is 4. The van der Waals surface area contributed by atoms with Gasteiger partial charge >= 0.3 is 6.09 Å². The van der Waals surface area contributed by atoms with Crippen molar-refractivity contribution in [3.05, 3.63) is 59.2 Å². The number of amides is 1. The molecule has 2 aliphatic heterocycles. The molecular weight excluding hydrogens is 328 g/mol. The fraction of sp³-hybridized carbons (Fsp3) is 0.381. The van der Waals surface area contributed by atoms with Gasteiger partial charge in [0, 0.05) is 24.8 Å². The minimum atomic E-state index is -0.473. The van der Waals surface area contributed by atoms with Crippen molar-refractivity contribution in [3.8, 4) is 5.75 Å². The minimum Gasteiger partial charge on any atom is -0.410 e. The molecule has 2 bridgehead atoms. The van der Waals surface area contributed by atoms with E-state index in [0.29, 0.717) is 17.9 Å². The van der Waals surface area contributed by atoms with Gasteiger partial charge in [-0.3, -0.25) is 10.2 Å². The van der Waals surface area contributed by atoms with E-state index in [0.717, 1.165) is 37.4 Å². The lowest BCUT2D eigenvalue weighted by Gasteiger charge is -2.27. The molecule has 2 aromatic rings. The van der Waals surface area contributed by atoms with Crippen LogP contribution in [0, 0.1) is 13.8 Å². The number of para-hydroxylation sites is 1. The van der Waals surface area contributed by atoms with Crippen LogP contribution in [0.15, 0.2) is 42.5 Å². The van der Waals surface area contributed by atoms with Gasteiger partial charge in [-0.15, -0.1) is 0 Å². The fourth-order valence-electron chi connectivity index (χ4n) is 3.80. The van der Waals surface area contributed by atoms with E-state index in [4.69, 9.17) is 9.47 Å². The maximum absolute atomic E-state index is 12.2. The van der Waals surface area contributed by atoms with Gasteiger partial charge in [0.25, 0.3) is 0 Å². The summed E-state index contributed by atoms with van der Waals surface area (Å²) in [6.45, 7) is 6.94. The summed E-state index contributed by atoms with van der Waals surface area (Å²) in [5.41, 5.74) is 4.45. The number of fused-ring (bicyclic) bond motifs is 2. The molecule has 1 N–H and O–H groups in total. The molecule has 136 valence electrons. The molecule has 0 aromatic heterocycles. The summed E-state index contributed by atoms with van der Waals surface area (Å²) in [5.74, 6) is 0.530. The molecule has 5 nitrogen and oxygen atoms in total. The number of hydrogen-bond donors (Lipinski definition) is 1. The highest BCUT2D eigenvalue weighted by Crippen LogP contribution is 2.31. The lowest BCUT2D eigenvalue weighted by atomic mass is 10.0. The Labute approximate surface area is 153 Å². The van der Waals surface area contributed by atoms with Crippen LogP contribution in [-0.2, 0) is 11.3 Å². The zero-order valence-electron chi connectivity index (χ0n) is 15.2. The molecule has 0 spiro atoms. The van der Waals surface area contributed by atoms with Crippen LogP contribution in [0.4, 0.5) is 10.5 Å². The molecule has 0 saturated carbocycles. The molecule has 2 saturated heterocycles. The quantitative estimate of drug-likeness (QED) is 0.907. The standard InChI is InChI=1S/C21H24N2O3/c1-14-8-17(22-21(24)26-19-6-4-3-5-7-19)9-16(15(14)2)11-23-12-20-10-18(23)13-25-20/h3-9,18,20H,10-13H2,1-2H3,(H,22,24). The topological polar surface area (TPSA) is 50.8 Å². The predicted octanol–water partition coefficient (Wildman–Crippen LogP) is 3.89. The van der Waals surface area contributed by atoms with Crippen LogP contribution in [0.3, 0.4) is 0 Å². The summed E-state index contributed by atoms with van der Waals surface area (Å²) in [6.07, 6.45) is 1.06. The summed E-state index contributed by atoms with van der Waals surface area (Å²) in [5, 5.41) is 2.85. The molecular formula is C21H24N2O3. The Morgan fingerprint density at radius 3 is 2.77 bits per heavy atom. The summed E-state index contributed by atoms with van der Waals surface area (Å²) < 4.78 is 11.0. The van der Waals surface area contributed by atoms with Crippen LogP contribution >= 0.6 is 0 Å². The zero-order chi connectivity index (χ0) is 18.1. The van der Waals surface area contributed by atoms with E-state index in [2.05, 4.69) is 30.1 Å². The second-order valence-corrected chi connectivity index (χ2v) is 7.18. The lowest BCUT2D eigenvalue weighted by molar-refractivity contribution is 0.0272. The number of ether oxygens (including phenoxy) is 2. The van der Waals surface area contributed by atoms with Crippen LogP contribution in [-0.4, -0.2) is 36.3 Å². The smallest absolute Gasteiger partial charge is 0.410 e. The van der Waals surface area contributed by atoms with Crippen molar-refractivity contribution < 1.29 is 14.3 Å². The van der Waals surface area contributed by atoms with Gasteiger partial charge in [-0.05, 0) is 61.2 Å². The van der Waals surface area contributed by atoms with Crippen LogP contribution < -0.4 is 10.1 Å². The van der Waals surface area contributed by atoms with Gasteiger partial charge in [0.15, 0.2) is 0 Å². The Kier molecular flexibility index (Phi) is 4.66. The van der Waals surface area contributed by atoms with Crippen molar-refractivity contribution in [2.24, 2.45) is 0 Å². The Morgan fingerprint density at radius 2 is 2.08 bits per heavy atom. The zero-order valence-corrected chi connectivity index (χ0v) is 15.2. The molecule has 2 atom stereocenters. The highest BCUT2D eigenvalue weighted by Gasteiger charge is 2.38. The van der Waals surface area contributed by atoms with Crippen LogP contribution in [0.1, 0.15) is 23.1 Å². The second-order valence-electron chi connectivity index (χ2n) is 7.18. The number of anilines is 1. The van der Waals surface area contributed by atoms with E-state index < -0.39 is 6.09 Å². The molecule has 2 unspecified atom stereocenters. The number of morpholine rings is 1. The highest BCUT2D eigenvalue weighted by atomic mass is 16.6. The van der Waals surface area contributed by atoms with E-state index in [-0.39, 0.29) is 0 Å². The molecule has 2 fully saturated rings. The Bertz CT molecular complexity index is 806. The molecule has 26 heavy (non-hydrogen) atoms. The van der Waals surface area contributed by atoms with Gasteiger partial charge in [-0.1, -0.05) is 18.2 Å². The number of nitrogens with zero attached hydrogens (tertiary/aromatic N) is 1. The number of aryl methyl sites for hydroxylation is 1. The van der Waals surface area contributed by atoms with Crippen molar-refractivity contribution in [1.29, 1.82) is 0 Å². The number of benzene rings is 2. The first-order valence-electron chi connectivity index (χ1n) is 9.08. The van der Waals surface area contributed by atoms with Gasteiger partial charge in [-0.25, -0.2) is 4.79 Å². The normalized spacial score (nSPS) is 21.8. The highest BCUT2D eigenvalue weighted by molar-refractivity contribution is 5.86. The van der Waals surface area contributed by atoms with Crippen LogP contribution in [0.2, 0.25) is 0 Å². The molecule has 2 aliphatic rings. The Morgan fingerprint density at radius 1 is 1.27 bits per heavy atom. The molecule has 5 heteroatoms. The van der Waals surface area contributed by atoms with E-state index in [1.54, 1.807) is 12.1 Å². The molecule has 2 aromatic carbocycles. The molecule has 4 rings (SSSR count). The summed E-state index contributed by atoms with van der Waals surface area (Å²) in [4.78, 5) is 14.7. The summed E-state index contributed by atoms with van der Waals surface area (Å²) in [6, 6.07) is 13.7. The minimum absolute atomic E-state index is 0.392. The monoisotopic (exact) mass is 352 g/mol. The third kappa shape index (κ3) is 3.59. The third-order valence-electron chi connectivity index (χ3n) is 5.36. The first-order valence-corrected chi connectivity index (χ1v) is 9.08. The van der Waals surface area contributed by atoms with Crippen molar-refractivity contribution in [2.45, 2.75) is 39.0 Å². The maximum Gasteiger partial charge on any atom is 0.417 e. The number of nitrogens with one attached hydrogen (secondary N) is 1. The number of carbonyl (C=O) groups excluding carboxylic acids is 1. The van der Waals surface area contributed by atoms with E-state index >= 15 is 0 Å². The molecule has 0 aliphatic carbocycles. The number of carbonyl (C=O) groups is 1. The number of hydrogen-bond acceptors (Lipinski definition) is 4. The van der Waals surface area contributed by atoms with E-state index in [1.807, 2.05) is 24.3 Å². The lowest BCUT2D eigenvalue weighted by Crippen LogP contribution is -2.36.